The molecular weight excluding hydrogens is 282 g/mol. The van der Waals surface area contributed by atoms with Crippen molar-refractivity contribution >= 4 is 34.7 Å². The number of hydrogen-bond acceptors (Lipinski definition) is 3. The van der Waals surface area contributed by atoms with Crippen molar-refractivity contribution in [2.75, 3.05) is 0 Å². The minimum Gasteiger partial charge on any atom is -0.245 e. The van der Waals surface area contributed by atoms with Crippen LogP contribution in [0.1, 0.15) is 31.5 Å². The third-order valence-electron chi connectivity index (χ3n) is 2.50. The van der Waals surface area contributed by atoms with Crippen molar-refractivity contribution in [1.29, 1.82) is 0 Å². The van der Waals surface area contributed by atoms with E-state index >= 15 is 0 Å². The molecule has 18 heavy (non-hydrogen) atoms. The van der Waals surface area contributed by atoms with Crippen LogP contribution in [0.3, 0.4) is 0 Å². The number of rotatable bonds is 3. The maximum atomic E-state index is 5.86. The van der Waals surface area contributed by atoms with Crippen molar-refractivity contribution < 1.29 is 0 Å². The van der Waals surface area contributed by atoms with E-state index in [-0.39, 0.29) is 5.41 Å². The number of benzene rings is 1. The SMILES string of the molecule is CC(C)(C)c1csc(CSc2ccc(Cl)cc2)n1. The lowest BCUT2D eigenvalue weighted by atomic mass is 9.93. The van der Waals surface area contributed by atoms with E-state index in [0.29, 0.717) is 0 Å². The highest BCUT2D eigenvalue weighted by Crippen LogP contribution is 2.28. The molecule has 1 aromatic heterocycles. The first-order valence-electron chi connectivity index (χ1n) is 5.78. The van der Waals surface area contributed by atoms with Crippen LogP contribution >= 0.6 is 34.7 Å². The summed E-state index contributed by atoms with van der Waals surface area (Å²) in [4.78, 5) is 5.91. The molecule has 0 aliphatic carbocycles. The molecular formula is C14H16ClNS2. The third-order valence-corrected chi connectivity index (χ3v) is 4.80. The van der Waals surface area contributed by atoms with E-state index in [1.165, 1.54) is 15.6 Å². The zero-order valence-corrected chi connectivity index (χ0v) is 13.1. The van der Waals surface area contributed by atoms with Gasteiger partial charge < -0.3 is 0 Å². The largest absolute Gasteiger partial charge is 0.245 e. The lowest BCUT2D eigenvalue weighted by molar-refractivity contribution is 0.572. The van der Waals surface area contributed by atoms with Gasteiger partial charge in [0.1, 0.15) is 5.01 Å². The van der Waals surface area contributed by atoms with Crippen molar-refractivity contribution in [2.24, 2.45) is 0 Å². The van der Waals surface area contributed by atoms with E-state index in [4.69, 9.17) is 11.6 Å². The van der Waals surface area contributed by atoms with Gasteiger partial charge >= 0.3 is 0 Å². The van der Waals surface area contributed by atoms with Gasteiger partial charge in [-0.05, 0) is 24.3 Å². The molecule has 0 aliphatic rings. The van der Waals surface area contributed by atoms with Gasteiger partial charge in [0.15, 0.2) is 0 Å². The minimum atomic E-state index is 0.139. The molecule has 0 N–H and O–H groups in total. The Morgan fingerprint density at radius 3 is 2.44 bits per heavy atom. The second-order valence-electron chi connectivity index (χ2n) is 5.12. The summed E-state index contributed by atoms with van der Waals surface area (Å²) in [6.45, 7) is 6.58. The maximum absolute atomic E-state index is 5.86. The Morgan fingerprint density at radius 2 is 1.89 bits per heavy atom. The molecule has 0 amide bonds. The van der Waals surface area contributed by atoms with Gasteiger partial charge in [0, 0.05) is 20.7 Å². The monoisotopic (exact) mass is 297 g/mol. The van der Waals surface area contributed by atoms with Gasteiger partial charge in [-0.3, -0.25) is 0 Å². The second kappa shape index (κ2) is 5.64. The van der Waals surface area contributed by atoms with Gasteiger partial charge in [-0.2, -0.15) is 0 Å². The fourth-order valence-corrected chi connectivity index (χ4v) is 3.46. The van der Waals surface area contributed by atoms with Gasteiger partial charge in [0.05, 0.1) is 11.4 Å². The molecule has 1 aromatic carbocycles. The van der Waals surface area contributed by atoms with Crippen LogP contribution in [0, 0.1) is 0 Å². The Labute approximate surface area is 122 Å². The molecule has 0 fully saturated rings. The molecule has 0 atom stereocenters. The Hall–Kier alpha value is -0.510. The first kappa shape index (κ1) is 13.9. The first-order valence-corrected chi connectivity index (χ1v) is 8.03. The molecule has 0 aliphatic heterocycles. The highest BCUT2D eigenvalue weighted by Gasteiger charge is 2.17. The van der Waals surface area contributed by atoms with Gasteiger partial charge in [-0.25, -0.2) is 4.98 Å². The number of halogens is 1. The van der Waals surface area contributed by atoms with E-state index in [1.54, 1.807) is 23.1 Å². The van der Waals surface area contributed by atoms with Crippen LogP contribution in [0.25, 0.3) is 0 Å². The topological polar surface area (TPSA) is 12.9 Å². The summed E-state index contributed by atoms with van der Waals surface area (Å²) in [7, 11) is 0. The molecule has 2 rings (SSSR count). The van der Waals surface area contributed by atoms with Crippen LogP contribution in [-0.2, 0) is 11.2 Å². The normalized spacial score (nSPS) is 11.8. The second-order valence-corrected chi connectivity index (χ2v) is 7.55. The summed E-state index contributed by atoms with van der Waals surface area (Å²) < 4.78 is 0. The summed E-state index contributed by atoms with van der Waals surface area (Å²) in [5.41, 5.74) is 1.32. The van der Waals surface area contributed by atoms with E-state index < -0.39 is 0 Å². The Morgan fingerprint density at radius 1 is 1.22 bits per heavy atom. The van der Waals surface area contributed by atoms with E-state index in [0.717, 1.165) is 10.8 Å². The highest BCUT2D eigenvalue weighted by molar-refractivity contribution is 7.98. The lowest BCUT2D eigenvalue weighted by Crippen LogP contribution is -2.11. The zero-order valence-electron chi connectivity index (χ0n) is 10.7. The van der Waals surface area contributed by atoms with Crippen molar-refractivity contribution in [3.05, 3.63) is 45.4 Å². The number of nitrogens with zero attached hydrogens (tertiary/aromatic N) is 1. The molecule has 2 aromatic rings. The molecule has 0 unspecified atom stereocenters. The lowest BCUT2D eigenvalue weighted by Gasteiger charge is -2.14. The van der Waals surface area contributed by atoms with Crippen LogP contribution in [0.2, 0.25) is 5.02 Å². The van der Waals surface area contributed by atoms with Crippen LogP contribution in [0.5, 0.6) is 0 Å². The van der Waals surface area contributed by atoms with Crippen LogP contribution in [0.4, 0.5) is 0 Å². The summed E-state index contributed by atoms with van der Waals surface area (Å²) in [5, 5.41) is 4.13. The summed E-state index contributed by atoms with van der Waals surface area (Å²) >= 11 is 9.40. The number of thiazole rings is 1. The Bertz CT molecular complexity index is 511. The Kier molecular flexibility index (Phi) is 4.36. The average molecular weight is 298 g/mol. The molecule has 0 spiro atoms. The number of thioether (sulfide) groups is 1. The first-order chi connectivity index (χ1) is 8.45. The predicted molar refractivity (Wildman–Crippen MR) is 81.8 cm³/mol. The quantitative estimate of drug-likeness (QED) is 0.705. The van der Waals surface area contributed by atoms with E-state index in [2.05, 4.69) is 31.1 Å². The van der Waals surface area contributed by atoms with Crippen molar-refractivity contribution in [1.82, 2.24) is 4.98 Å². The van der Waals surface area contributed by atoms with Crippen molar-refractivity contribution in [2.45, 2.75) is 36.8 Å². The van der Waals surface area contributed by atoms with Gasteiger partial charge in [0.2, 0.25) is 0 Å². The predicted octanol–water partition coefficient (Wildman–Crippen LogP) is 5.39. The van der Waals surface area contributed by atoms with Gasteiger partial charge in [-0.15, -0.1) is 23.1 Å². The molecule has 0 radical (unpaired) electrons. The standard InChI is InChI=1S/C14H16ClNS2/c1-14(2,3)12-8-18-13(16-12)9-17-11-6-4-10(15)5-7-11/h4-8H,9H2,1-3H3. The van der Waals surface area contributed by atoms with E-state index in [9.17, 15) is 0 Å². The Balaban J connectivity index is 1.98. The molecule has 0 bridgehead atoms. The van der Waals surface area contributed by atoms with Crippen LogP contribution < -0.4 is 0 Å². The molecule has 1 heterocycles. The molecule has 0 saturated carbocycles. The maximum Gasteiger partial charge on any atom is 0.103 e. The minimum absolute atomic E-state index is 0.139. The number of hydrogen-bond donors (Lipinski definition) is 0. The molecule has 0 saturated heterocycles. The van der Waals surface area contributed by atoms with Crippen molar-refractivity contribution in [3.8, 4) is 0 Å². The zero-order chi connectivity index (χ0) is 13.2. The van der Waals surface area contributed by atoms with Crippen LogP contribution in [0.15, 0.2) is 34.5 Å². The summed E-state index contributed by atoms with van der Waals surface area (Å²) in [6.07, 6.45) is 0. The molecule has 4 heteroatoms. The molecule has 96 valence electrons. The van der Waals surface area contributed by atoms with E-state index in [1.807, 2.05) is 24.3 Å². The van der Waals surface area contributed by atoms with Gasteiger partial charge in [0.25, 0.3) is 0 Å². The van der Waals surface area contributed by atoms with Crippen LogP contribution in [-0.4, -0.2) is 4.98 Å². The van der Waals surface area contributed by atoms with Gasteiger partial charge in [-0.1, -0.05) is 32.4 Å². The van der Waals surface area contributed by atoms with Crippen molar-refractivity contribution in [3.63, 3.8) is 0 Å². The summed E-state index contributed by atoms with van der Waals surface area (Å²) in [6, 6.07) is 7.94. The number of aromatic nitrogens is 1. The smallest absolute Gasteiger partial charge is 0.103 e. The average Bonchev–Trinajstić information content (AvgIpc) is 2.77. The fraction of sp³-hybridized carbons (Fsp3) is 0.357. The molecule has 1 nitrogen and oxygen atoms in total. The third kappa shape index (κ3) is 3.74. The fourth-order valence-electron chi connectivity index (χ4n) is 1.40. The highest BCUT2D eigenvalue weighted by atomic mass is 35.5. The summed E-state index contributed by atoms with van der Waals surface area (Å²) in [5.74, 6) is 0.919.